The number of carbonyl (C=O) groups excluding carboxylic acids is 1. The van der Waals surface area contributed by atoms with Gasteiger partial charge in [-0.2, -0.15) is 18.3 Å². The Morgan fingerprint density at radius 1 is 1.57 bits per heavy atom. The van der Waals surface area contributed by atoms with Crippen molar-refractivity contribution in [1.82, 2.24) is 9.78 Å². The Labute approximate surface area is 81.2 Å². The number of carbonyl (C=O) groups is 1. The van der Waals surface area contributed by atoms with Gasteiger partial charge in [0.15, 0.2) is 5.69 Å². The summed E-state index contributed by atoms with van der Waals surface area (Å²) in [5.74, 6) is -0.436. The fraction of sp³-hybridized carbons (Fsp3) is 0.333. The number of halogens is 4. The summed E-state index contributed by atoms with van der Waals surface area (Å²) in [6, 6.07) is 0. The van der Waals surface area contributed by atoms with Gasteiger partial charge in [0.25, 0.3) is 6.47 Å². The molecule has 0 radical (unpaired) electrons. The van der Waals surface area contributed by atoms with E-state index in [1.165, 1.54) is 7.05 Å². The lowest BCUT2D eigenvalue weighted by atomic mass is 10.4. The number of rotatable bonds is 2. The van der Waals surface area contributed by atoms with Crippen LogP contribution in [-0.4, -0.2) is 16.3 Å². The van der Waals surface area contributed by atoms with Gasteiger partial charge in [-0.05, 0) is 0 Å². The second-order valence-electron chi connectivity index (χ2n) is 2.30. The van der Waals surface area contributed by atoms with Crippen molar-refractivity contribution >= 4 is 18.1 Å². The van der Waals surface area contributed by atoms with Gasteiger partial charge in [-0.15, -0.1) is 0 Å². The van der Waals surface area contributed by atoms with Gasteiger partial charge >= 0.3 is 6.18 Å². The van der Waals surface area contributed by atoms with Crippen molar-refractivity contribution in [3.8, 4) is 5.88 Å². The molecule has 0 aromatic carbocycles. The van der Waals surface area contributed by atoms with Gasteiger partial charge in [-0.25, -0.2) is 4.68 Å². The van der Waals surface area contributed by atoms with Gasteiger partial charge in [0.05, 0.1) is 0 Å². The normalized spacial score (nSPS) is 11.5. The van der Waals surface area contributed by atoms with Crippen molar-refractivity contribution in [2.24, 2.45) is 7.05 Å². The van der Waals surface area contributed by atoms with Gasteiger partial charge < -0.3 is 4.74 Å². The number of nitrogens with zero attached hydrogens (tertiary/aromatic N) is 2. The van der Waals surface area contributed by atoms with Crippen LogP contribution in [0, 0.1) is 0 Å². The highest BCUT2D eigenvalue weighted by Crippen LogP contribution is 2.38. The summed E-state index contributed by atoms with van der Waals surface area (Å²) in [7, 11) is 1.18. The van der Waals surface area contributed by atoms with E-state index in [1.54, 1.807) is 0 Å². The maximum Gasteiger partial charge on any atom is 0.436 e. The first kappa shape index (κ1) is 10.8. The maximum absolute atomic E-state index is 12.2. The lowest BCUT2D eigenvalue weighted by Crippen LogP contribution is -2.07. The Kier molecular flexibility index (Phi) is 2.70. The van der Waals surface area contributed by atoms with Crippen LogP contribution in [0.4, 0.5) is 13.2 Å². The van der Waals surface area contributed by atoms with E-state index < -0.39 is 22.8 Å². The minimum atomic E-state index is -4.67. The Bertz CT molecular complexity index is 361. The molecule has 4 nitrogen and oxygen atoms in total. The zero-order valence-electron chi connectivity index (χ0n) is 6.80. The van der Waals surface area contributed by atoms with E-state index >= 15 is 0 Å². The van der Waals surface area contributed by atoms with E-state index in [9.17, 15) is 18.0 Å². The smallest absolute Gasteiger partial charge is 0.408 e. The van der Waals surface area contributed by atoms with E-state index in [0.29, 0.717) is 0 Å². The predicted octanol–water partition coefficient (Wildman–Crippen LogP) is 1.63. The van der Waals surface area contributed by atoms with Gasteiger partial charge in [0.1, 0.15) is 5.02 Å². The van der Waals surface area contributed by atoms with Crippen LogP contribution >= 0.6 is 11.6 Å². The zero-order chi connectivity index (χ0) is 10.9. The number of hydrogen-bond donors (Lipinski definition) is 0. The maximum atomic E-state index is 12.2. The molecule has 0 fully saturated rings. The fourth-order valence-electron chi connectivity index (χ4n) is 0.837. The molecule has 0 saturated carbocycles. The summed E-state index contributed by atoms with van der Waals surface area (Å²) >= 11 is 5.31. The van der Waals surface area contributed by atoms with Gasteiger partial charge in [0.2, 0.25) is 5.88 Å². The summed E-state index contributed by atoms with van der Waals surface area (Å²) in [4.78, 5) is 9.93. The van der Waals surface area contributed by atoms with Crippen molar-refractivity contribution < 1.29 is 22.7 Å². The lowest BCUT2D eigenvalue weighted by molar-refractivity contribution is -0.141. The number of aryl methyl sites for hydroxylation is 1. The van der Waals surface area contributed by atoms with Crippen molar-refractivity contribution in [3.05, 3.63) is 10.7 Å². The predicted molar refractivity (Wildman–Crippen MR) is 39.9 cm³/mol. The van der Waals surface area contributed by atoms with Crippen LogP contribution in [0.5, 0.6) is 5.88 Å². The molecule has 0 saturated heterocycles. The molecule has 0 aliphatic rings. The molecule has 0 amide bonds. The highest BCUT2D eigenvalue weighted by Gasteiger charge is 2.39. The number of hydrogen-bond acceptors (Lipinski definition) is 3. The first-order chi connectivity index (χ1) is 6.38. The van der Waals surface area contributed by atoms with Crippen molar-refractivity contribution in [2.45, 2.75) is 6.18 Å². The molecule has 8 heteroatoms. The topological polar surface area (TPSA) is 44.1 Å². The SMILES string of the molecule is Cn1nc(C(F)(F)F)c(Cl)c1OC=O. The quantitative estimate of drug-likeness (QED) is 0.723. The fourth-order valence-corrected chi connectivity index (χ4v) is 1.15. The first-order valence-corrected chi connectivity index (χ1v) is 3.65. The summed E-state index contributed by atoms with van der Waals surface area (Å²) in [5.41, 5.74) is -1.28. The van der Waals surface area contributed by atoms with Gasteiger partial charge in [-0.1, -0.05) is 11.6 Å². The molecule has 0 bridgehead atoms. The van der Waals surface area contributed by atoms with E-state index in [1.807, 2.05) is 0 Å². The van der Waals surface area contributed by atoms with E-state index in [2.05, 4.69) is 9.84 Å². The third-order valence-corrected chi connectivity index (χ3v) is 1.71. The molecule has 1 heterocycles. The molecule has 1 rings (SSSR count). The van der Waals surface area contributed by atoms with Crippen LogP contribution in [0.15, 0.2) is 0 Å². The first-order valence-electron chi connectivity index (χ1n) is 3.28. The monoisotopic (exact) mass is 228 g/mol. The molecule has 0 spiro atoms. The summed E-state index contributed by atoms with van der Waals surface area (Å²) < 4.78 is 41.5. The average Bonchev–Trinajstić information content (AvgIpc) is 2.31. The lowest BCUT2D eigenvalue weighted by Gasteiger charge is -2.00. The minimum absolute atomic E-state index is 0.0248. The highest BCUT2D eigenvalue weighted by atomic mass is 35.5. The molecule has 0 aliphatic carbocycles. The second-order valence-corrected chi connectivity index (χ2v) is 2.68. The zero-order valence-corrected chi connectivity index (χ0v) is 7.56. The van der Waals surface area contributed by atoms with Gasteiger partial charge in [-0.3, -0.25) is 4.79 Å². The standard InChI is InChI=1S/C6H4ClF3N2O2/c1-12-5(14-2-13)3(7)4(11-12)6(8,9)10/h2H,1H3. The molecule has 0 unspecified atom stereocenters. The number of aromatic nitrogens is 2. The molecule has 78 valence electrons. The van der Waals surface area contributed by atoms with Crippen LogP contribution < -0.4 is 4.74 Å². The molecule has 14 heavy (non-hydrogen) atoms. The van der Waals surface area contributed by atoms with E-state index in [0.717, 1.165) is 4.68 Å². The summed E-state index contributed by atoms with van der Waals surface area (Å²) in [5, 5.41) is 2.35. The second kappa shape index (κ2) is 3.49. The molecule has 0 aliphatic heterocycles. The molecule has 1 aromatic heterocycles. The molecule has 0 N–H and O–H groups in total. The summed E-state index contributed by atoms with van der Waals surface area (Å²) in [6.07, 6.45) is -4.67. The summed E-state index contributed by atoms with van der Waals surface area (Å²) in [6.45, 7) is -0.0248. The van der Waals surface area contributed by atoms with Crippen molar-refractivity contribution in [2.75, 3.05) is 0 Å². The third-order valence-electron chi connectivity index (χ3n) is 1.37. The molecule has 0 atom stereocenters. The Hall–Kier alpha value is -1.24. The largest absolute Gasteiger partial charge is 0.436 e. The minimum Gasteiger partial charge on any atom is -0.408 e. The molecule has 1 aromatic rings. The van der Waals surface area contributed by atoms with E-state index in [4.69, 9.17) is 11.6 Å². The third kappa shape index (κ3) is 1.82. The average molecular weight is 229 g/mol. The Balaban J connectivity index is 3.23. The number of alkyl halides is 3. The van der Waals surface area contributed by atoms with Crippen LogP contribution in [0.1, 0.15) is 5.69 Å². The number of ether oxygens (including phenoxy) is 1. The molecular formula is C6H4ClF3N2O2. The van der Waals surface area contributed by atoms with Crippen LogP contribution in [-0.2, 0) is 18.0 Å². The van der Waals surface area contributed by atoms with Crippen LogP contribution in [0.2, 0.25) is 5.02 Å². The molecular weight excluding hydrogens is 225 g/mol. The van der Waals surface area contributed by atoms with E-state index in [-0.39, 0.29) is 6.47 Å². The Morgan fingerprint density at radius 2 is 2.14 bits per heavy atom. The van der Waals surface area contributed by atoms with Gasteiger partial charge in [0, 0.05) is 7.05 Å². The van der Waals surface area contributed by atoms with Crippen molar-refractivity contribution in [1.29, 1.82) is 0 Å². The van der Waals surface area contributed by atoms with Crippen LogP contribution in [0.25, 0.3) is 0 Å². The Morgan fingerprint density at radius 3 is 2.50 bits per heavy atom. The van der Waals surface area contributed by atoms with Crippen molar-refractivity contribution in [3.63, 3.8) is 0 Å². The highest BCUT2D eigenvalue weighted by molar-refractivity contribution is 6.32. The van der Waals surface area contributed by atoms with Crippen LogP contribution in [0.3, 0.4) is 0 Å².